The molecule has 0 N–H and O–H groups in total. The van der Waals surface area contributed by atoms with Crippen molar-refractivity contribution in [3.05, 3.63) is 48.5 Å². The van der Waals surface area contributed by atoms with Gasteiger partial charge in [0.05, 0.1) is 20.8 Å². The van der Waals surface area contributed by atoms with Crippen LogP contribution >= 0.6 is 0 Å². The third-order valence-electron chi connectivity index (χ3n) is 5.81. The number of aromatic nitrogens is 3. The Morgan fingerprint density at radius 3 is 2.48 bits per heavy atom. The molecule has 2 heterocycles. The molecule has 0 unspecified atom stereocenters. The van der Waals surface area contributed by atoms with Gasteiger partial charge in [-0.2, -0.15) is 0 Å². The maximum Gasteiger partial charge on any atom is 0.208 e. The van der Waals surface area contributed by atoms with Gasteiger partial charge in [0.25, 0.3) is 0 Å². The molecule has 0 radical (unpaired) electrons. The Morgan fingerprint density at radius 1 is 1.07 bits per heavy atom. The quantitative estimate of drug-likeness (QED) is 0.596. The Bertz CT molecular complexity index is 1110. The van der Waals surface area contributed by atoms with Gasteiger partial charge < -0.3 is 4.57 Å². The van der Waals surface area contributed by atoms with E-state index in [9.17, 15) is 8.42 Å². The fraction of sp³-hybridized carbons (Fsp3) is 0.478. The highest BCUT2D eigenvalue weighted by atomic mass is 32.2. The van der Waals surface area contributed by atoms with E-state index in [-0.39, 0.29) is 15.2 Å². The highest BCUT2D eigenvalue weighted by molar-refractivity contribution is 7.91. The molecule has 5 nitrogen and oxygen atoms in total. The van der Waals surface area contributed by atoms with Crippen molar-refractivity contribution in [1.82, 2.24) is 14.5 Å². The molecule has 0 aliphatic heterocycles. The third kappa shape index (κ3) is 3.95. The maximum atomic E-state index is 13.0. The van der Waals surface area contributed by atoms with Gasteiger partial charge in [0.15, 0.2) is 0 Å². The fourth-order valence-corrected chi connectivity index (χ4v) is 5.55. The zero-order chi connectivity index (χ0) is 20.6. The Morgan fingerprint density at radius 2 is 1.83 bits per heavy atom. The molecule has 1 aromatic carbocycles. The molecule has 0 amide bonds. The average molecular weight is 412 g/mol. The van der Waals surface area contributed by atoms with Crippen molar-refractivity contribution in [3.63, 3.8) is 0 Å². The summed E-state index contributed by atoms with van der Waals surface area (Å²) in [5.41, 5.74) is 1.65. The summed E-state index contributed by atoms with van der Waals surface area (Å²) in [5.74, 6) is 1.69. The van der Waals surface area contributed by atoms with Crippen LogP contribution in [0.4, 0.5) is 0 Å². The Labute approximate surface area is 173 Å². The molecule has 1 fully saturated rings. The van der Waals surface area contributed by atoms with Gasteiger partial charge in [-0.15, -0.1) is 0 Å². The molecule has 3 aromatic rings. The van der Waals surface area contributed by atoms with E-state index in [1.807, 2.05) is 6.07 Å². The van der Waals surface area contributed by atoms with Crippen molar-refractivity contribution < 1.29 is 8.42 Å². The SMILES string of the molecule is CC(C)(C)c1nc2cc(S(=O)(=O)c3cccnc3)ccc2n1CC1CCCCC1. The number of rotatable bonds is 4. The zero-order valence-corrected chi connectivity index (χ0v) is 18.2. The van der Waals surface area contributed by atoms with Gasteiger partial charge in [-0.1, -0.05) is 40.0 Å². The predicted molar refractivity (Wildman–Crippen MR) is 115 cm³/mol. The van der Waals surface area contributed by atoms with Crippen molar-refractivity contribution in [3.8, 4) is 0 Å². The van der Waals surface area contributed by atoms with Gasteiger partial charge in [-0.3, -0.25) is 4.98 Å². The second-order valence-corrected chi connectivity index (χ2v) is 11.1. The third-order valence-corrected chi connectivity index (χ3v) is 7.55. The summed E-state index contributed by atoms with van der Waals surface area (Å²) in [7, 11) is -3.61. The van der Waals surface area contributed by atoms with Crippen molar-refractivity contribution in [2.45, 2.75) is 74.6 Å². The van der Waals surface area contributed by atoms with Crippen LogP contribution in [0.25, 0.3) is 11.0 Å². The van der Waals surface area contributed by atoms with Crippen LogP contribution in [0.5, 0.6) is 0 Å². The lowest BCUT2D eigenvalue weighted by atomic mass is 9.88. The van der Waals surface area contributed by atoms with E-state index in [4.69, 9.17) is 4.98 Å². The summed E-state index contributed by atoms with van der Waals surface area (Å²) in [4.78, 5) is 9.33. The normalized spacial score (nSPS) is 16.4. The Balaban J connectivity index is 1.80. The summed E-state index contributed by atoms with van der Waals surface area (Å²) < 4.78 is 28.3. The maximum absolute atomic E-state index is 13.0. The summed E-state index contributed by atoms with van der Waals surface area (Å²) in [6.07, 6.45) is 9.42. The number of hydrogen-bond donors (Lipinski definition) is 0. The van der Waals surface area contributed by atoms with Crippen LogP contribution in [0.2, 0.25) is 0 Å². The number of hydrogen-bond acceptors (Lipinski definition) is 4. The number of imidazole rings is 1. The molecule has 0 saturated heterocycles. The highest BCUT2D eigenvalue weighted by Gasteiger charge is 2.26. The van der Waals surface area contributed by atoms with E-state index < -0.39 is 9.84 Å². The standard InChI is InChI=1S/C23H29N3O2S/c1-23(2,3)22-25-20-14-18(29(27,28)19-10-7-13-24-15-19)11-12-21(20)26(22)16-17-8-5-4-6-9-17/h7,10-15,17H,4-6,8-9,16H2,1-3H3. The molecule has 154 valence electrons. The minimum atomic E-state index is -3.61. The molecule has 0 spiro atoms. The highest BCUT2D eigenvalue weighted by Crippen LogP contribution is 2.32. The summed E-state index contributed by atoms with van der Waals surface area (Å²) in [6, 6.07) is 8.56. The molecule has 4 rings (SSSR count). The largest absolute Gasteiger partial charge is 0.327 e. The van der Waals surface area contributed by atoms with Gasteiger partial charge in [0.1, 0.15) is 5.82 Å². The van der Waals surface area contributed by atoms with Gasteiger partial charge in [-0.05, 0) is 49.1 Å². The number of pyridine rings is 1. The topological polar surface area (TPSA) is 64.8 Å². The zero-order valence-electron chi connectivity index (χ0n) is 17.4. The van der Waals surface area contributed by atoms with E-state index in [2.05, 4.69) is 30.3 Å². The number of fused-ring (bicyclic) bond motifs is 1. The monoisotopic (exact) mass is 411 g/mol. The van der Waals surface area contributed by atoms with Crippen LogP contribution in [0.15, 0.2) is 52.5 Å². The lowest BCUT2D eigenvalue weighted by Crippen LogP contribution is -2.22. The first-order valence-electron chi connectivity index (χ1n) is 10.4. The summed E-state index contributed by atoms with van der Waals surface area (Å²) in [5, 5.41) is 0. The van der Waals surface area contributed by atoms with Crippen LogP contribution in [-0.2, 0) is 21.8 Å². The van der Waals surface area contributed by atoms with Gasteiger partial charge in [0.2, 0.25) is 9.84 Å². The summed E-state index contributed by atoms with van der Waals surface area (Å²) >= 11 is 0. The van der Waals surface area contributed by atoms with E-state index in [0.29, 0.717) is 5.92 Å². The second-order valence-electron chi connectivity index (χ2n) is 9.14. The van der Waals surface area contributed by atoms with Gasteiger partial charge in [0, 0.05) is 24.4 Å². The van der Waals surface area contributed by atoms with E-state index in [1.165, 1.54) is 38.3 Å². The molecule has 1 aliphatic rings. The molecule has 2 aromatic heterocycles. The molecular weight excluding hydrogens is 382 g/mol. The molecule has 0 bridgehead atoms. The number of sulfone groups is 1. The lowest BCUT2D eigenvalue weighted by molar-refractivity contribution is 0.313. The fourth-order valence-electron chi connectivity index (χ4n) is 4.30. The lowest BCUT2D eigenvalue weighted by Gasteiger charge is -2.26. The molecule has 1 saturated carbocycles. The number of benzene rings is 1. The molecular formula is C23H29N3O2S. The van der Waals surface area contributed by atoms with Crippen LogP contribution in [0, 0.1) is 5.92 Å². The van der Waals surface area contributed by atoms with E-state index in [1.54, 1.807) is 30.5 Å². The second kappa shape index (κ2) is 7.56. The van der Waals surface area contributed by atoms with Crippen molar-refractivity contribution in [2.75, 3.05) is 0 Å². The first-order valence-corrected chi connectivity index (χ1v) is 11.9. The minimum absolute atomic E-state index is 0.115. The Kier molecular flexibility index (Phi) is 5.23. The smallest absolute Gasteiger partial charge is 0.208 e. The van der Waals surface area contributed by atoms with Gasteiger partial charge >= 0.3 is 0 Å². The van der Waals surface area contributed by atoms with Crippen LogP contribution in [0.1, 0.15) is 58.7 Å². The first-order chi connectivity index (χ1) is 13.8. The summed E-state index contributed by atoms with van der Waals surface area (Å²) in [6.45, 7) is 7.45. The van der Waals surface area contributed by atoms with Gasteiger partial charge in [-0.25, -0.2) is 13.4 Å². The predicted octanol–water partition coefficient (Wildman–Crippen LogP) is 5.14. The van der Waals surface area contributed by atoms with Crippen LogP contribution in [0.3, 0.4) is 0 Å². The number of nitrogens with zero attached hydrogens (tertiary/aromatic N) is 3. The molecule has 6 heteroatoms. The molecule has 29 heavy (non-hydrogen) atoms. The van der Waals surface area contributed by atoms with Crippen molar-refractivity contribution in [2.24, 2.45) is 5.92 Å². The molecule has 0 atom stereocenters. The van der Waals surface area contributed by atoms with Crippen LogP contribution in [-0.4, -0.2) is 23.0 Å². The average Bonchev–Trinajstić information content (AvgIpc) is 3.08. The first kappa shape index (κ1) is 20.1. The van der Waals surface area contributed by atoms with E-state index in [0.717, 1.165) is 23.4 Å². The van der Waals surface area contributed by atoms with E-state index >= 15 is 0 Å². The van der Waals surface area contributed by atoms with Crippen molar-refractivity contribution in [1.29, 1.82) is 0 Å². The molecule has 1 aliphatic carbocycles. The van der Waals surface area contributed by atoms with Crippen LogP contribution < -0.4 is 0 Å². The van der Waals surface area contributed by atoms with Crippen molar-refractivity contribution >= 4 is 20.9 Å². The minimum Gasteiger partial charge on any atom is -0.327 e. The Hall–Kier alpha value is -2.21.